The smallest absolute Gasteiger partial charge is 0.118 e. The third-order valence-corrected chi connectivity index (χ3v) is 3.84. The molecule has 0 aromatic heterocycles. The average Bonchev–Trinajstić information content (AvgIpc) is 2.90. The second kappa shape index (κ2) is 5.65. The number of methoxy groups -OCH3 is 1. The van der Waals surface area contributed by atoms with Crippen molar-refractivity contribution in [3.05, 3.63) is 65.7 Å². The van der Waals surface area contributed by atoms with Crippen LogP contribution in [0.4, 0.5) is 0 Å². The number of ether oxygens (including phenoxy) is 1. The van der Waals surface area contributed by atoms with Gasteiger partial charge in [-0.3, -0.25) is 4.84 Å². The molecule has 1 heterocycles. The van der Waals surface area contributed by atoms with Gasteiger partial charge in [-0.05, 0) is 23.3 Å². The van der Waals surface area contributed by atoms with Gasteiger partial charge in [0.2, 0.25) is 0 Å². The normalized spacial score (nSPS) is 22.9. The molecule has 1 saturated heterocycles. The highest BCUT2D eigenvalue weighted by Gasteiger charge is 2.32. The first-order valence-corrected chi connectivity index (χ1v) is 6.86. The Morgan fingerprint density at radius 2 is 1.70 bits per heavy atom. The van der Waals surface area contributed by atoms with Crippen molar-refractivity contribution in [2.45, 2.75) is 18.6 Å². The maximum Gasteiger partial charge on any atom is 0.118 e. The van der Waals surface area contributed by atoms with Gasteiger partial charge in [0, 0.05) is 13.5 Å². The highest BCUT2D eigenvalue weighted by molar-refractivity contribution is 5.29. The van der Waals surface area contributed by atoms with E-state index in [1.807, 2.05) is 30.3 Å². The van der Waals surface area contributed by atoms with Gasteiger partial charge in [0.15, 0.2) is 0 Å². The van der Waals surface area contributed by atoms with Crippen molar-refractivity contribution in [2.75, 3.05) is 14.2 Å². The number of benzene rings is 2. The van der Waals surface area contributed by atoms with Gasteiger partial charge in [-0.25, -0.2) is 0 Å². The first-order chi connectivity index (χ1) is 9.78. The van der Waals surface area contributed by atoms with Crippen LogP contribution in [0, 0.1) is 0 Å². The maximum atomic E-state index is 5.98. The summed E-state index contributed by atoms with van der Waals surface area (Å²) >= 11 is 0. The standard InChI is InChI=1S/C17H19NO2/c1-18-16(13-6-4-3-5-7-13)12-17(20-18)14-8-10-15(19-2)11-9-14/h3-11,16-17H,12H2,1-2H3/t16-,17+/m0/s1. The summed E-state index contributed by atoms with van der Waals surface area (Å²) in [5, 5.41) is 1.96. The van der Waals surface area contributed by atoms with Crippen LogP contribution in [0.3, 0.4) is 0 Å². The first-order valence-electron chi connectivity index (χ1n) is 6.86. The van der Waals surface area contributed by atoms with Gasteiger partial charge in [-0.15, -0.1) is 0 Å². The Hall–Kier alpha value is -1.84. The van der Waals surface area contributed by atoms with E-state index in [-0.39, 0.29) is 6.10 Å². The van der Waals surface area contributed by atoms with Gasteiger partial charge in [-0.1, -0.05) is 42.5 Å². The predicted octanol–water partition coefficient (Wildman–Crippen LogP) is 3.74. The van der Waals surface area contributed by atoms with Crippen LogP contribution in [-0.4, -0.2) is 19.2 Å². The van der Waals surface area contributed by atoms with Crippen LogP contribution in [0.2, 0.25) is 0 Å². The van der Waals surface area contributed by atoms with Gasteiger partial charge in [0.25, 0.3) is 0 Å². The lowest BCUT2D eigenvalue weighted by molar-refractivity contribution is -0.146. The van der Waals surface area contributed by atoms with Crippen LogP contribution in [0.1, 0.15) is 29.7 Å². The predicted molar refractivity (Wildman–Crippen MR) is 78.4 cm³/mol. The van der Waals surface area contributed by atoms with Crippen LogP contribution in [0.5, 0.6) is 5.75 Å². The molecule has 2 atom stereocenters. The first kappa shape index (κ1) is 13.2. The molecule has 2 aromatic rings. The number of rotatable bonds is 3. The van der Waals surface area contributed by atoms with Gasteiger partial charge in [0.05, 0.1) is 13.2 Å². The van der Waals surface area contributed by atoms with Crippen LogP contribution in [0.25, 0.3) is 0 Å². The van der Waals surface area contributed by atoms with Crippen molar-refractivity contribution < 1.29 is 9.57 Å². The van der Waals surface area contributed by atoms with E-state index >= 15 is 0 Å². The molecule has 3 rings (SSSR count). The molecule has 0 spiro atoms. The van der Waals surface area contributed by atoms with Crippen molar-refractivity contribution >= 4 is 0 Å². The minimum atomic E-state index is 0.108. The summed E-state index contributed by atoms with van der Waals surface area (Å²) < 4.78 is 5.19. The van der Waals surface area contributed by atoms with E-state index in [0.717, 1.165) is 12.2 Å². The molecule has 1 aliphatic rings. The fourth-order valence-electron chi connectivity index (χ4n) is 2.71. The van der Waals surface area contributed by atoms with E-state index < -0.39 is 0 Å². The van der Waals surface area contributed by atoms with Gasteiger partial charge >= 0.3 is 0 Å². The fourth-order valence-corrected chi connectivity index (χ4v) is 2.71. The maximum absolute atomic E-state index is 5.98. The van der Waals surface area contributed by atoms with Crippen molar-refractivity contribution in [1.82, 2.24) is 5.06 Å². The SMILES string of the molecule is COc1ccc([C@H]2C[C@@H](c3ccccc3)N(C)O2)cc1. The second-order valence-electron chi connectivity index (χ2n) is 5.08. The summed E-state index contributed by atoms with van der Waals surface area (Å²) in [7, 11) is 3.68. The number of nitrogens with zero attached hydrogens (tertiary/aromatic N) is 1. The molecule has 2 aromatic carbocycles. The van der Waals surface area contributed by atoms with E-state index in [2.05, 4.69) is 36.4 Å². The molecule has 3 heteroatoms. The summed E-state index contributed by atoms with van der Waals surface area (Å²) in [6, 6.07) is 18.9. The van der Waals surface area contributed by atoms with Gasteiger partial charge in [-0.2, -0.15) is 5.06 Å². The summed E-state index contributed by atoms with van der Waals surface area (Å²) in [6.45, 7) is 0. The van der Waals surface area contributed by atoms with E-state index in [0.29, 0.717) is 6.04 Å². The lowest BCUT2D eigenvalue weighted by atomic mass is 9.98. The van der Waals surface area contributed by atoms with E-state index in [4.69, 9.17) is 9.57 Å². The minimum absolute atomic E-state index is 0.108. The highest BCUT2D eigenvalue weighted by atomic mass is 16.7. The largest absolute Gasteiger partial charge is 0.497 e. The Kier molecular flexibility index (Phi) is 3.72. The summed E-state index contributed by atoms with van der Waals surface area (Å²) in [6.07, 6.45) is 1.07. The summed E-state index contributed by atoms with van der Waals surface area (Å²) in [5.74, 6) is 0.875. The van der Waals surface area contributed by atoms with Crippen LogP contribution < -0.4 is 4.74 Å². The van der Waals surface area contributed by atoms with Crippen molar-refractivity contribution in [2.24, 2.45) is 0 Å². The van der Waals surface area contributed by atoms with Gasteiger partial charge in [0.1, 0.15) is 11.9 Å². The highest BCUT2D eigenvalue weighted by Crippen LogP contribution is 2.40. The number of hydrogen-bond acceptors (Lipinski definition) is 3. The van der Waals surface area contributed by atoms with Crippen LogP contribution in [-0.2, 0) is 4.84 Å². The zero-order chi connectivity index (χ0) is 13.9. The molecule has 0 radical (unpaired) electrons. The van der Waals surface area contributed by atoms with Gasteiger partial charge < -0.3 is 4.74 Å². The van der Waals surface area contributed by atoms with Crippen LogP contribution >= 0.6 is 0 Å². The molecule has 1 fully saturated rings. The number of hydrogen-bond donors (Lipinski definition) is 0. The Morgan fingerprint density at radius 1 is 1.00 bits per heavy atom. The fraction of sp³-hybridized carbons (Fsp3) is 0.294. The number of hydroxylamine groups is 2. The molecule has 0 saturated carbocycles. The average molecular weight is 269 g/mol. The molecule has 0 amide bonds. The van der Waals surface area contributed by atoms with E-state index in [1.165, 1.54) is 11.1 Å². The molecule has 0 aliphatic carbocycles. The van der Waals surface area contributed by atoms with E-state index in [9.17, 15) is 0 Å². The van der Waals surface area contributed by atoms with Crippen molar-refractivity contribution in [3.63, 3.8) is 0 Å². The molecular formula is C17H19NO2. The third-order valence-electron chi connectivity index (χ3n) is 3.84. The molecule has 1 aliphatic heterocycles. The van der Waals surface area contributed by atoms with Crippen molar-refractivity contribution in [3.8, 4) is 5.75 Å². The zero-order valence-corrected chi connectivity index (χ0v) is 11.8. The lowest BCUT2D eigenvalue weighted by Crippen LogP contribution is -2.16. The topological polar surface area (TPSA) is 21.7 Å². The van der Waals surface area contributed by atoms with Crippen molar-refractivity contribution in [1.29, 1.82) is 0 Å². The van der Waals surface area contributed by atoms with E-state index in [1.54, 1.807) is 7.11 Å². The molecule has 0 bridgehead atoms. The lowest BCUT2D eigenvalue weighted by Gasteiger charge is -2.17. The zero-order valence-electron chi connectivity index (χ0n) is 11.8. The molecule has 0 N–H and O–H groups in total. The molecule has 104 valence electrons. The summed E-state index contributed by atoms with van der Waals surface area (Å²) in [5.41, 5.74) is 2.49. The minimum Gasteiger partial charge on any atom is -0.497 e. The summed E-state index contributed by atoms with van der Waals surface area (Å²) in [4.78, 5) is 5.98. The Morgan fingerprint density at radius 3 is 2.35 bits per heavy atom. The third kappa shape index (κ3) is 2.55. The molecule has 3 nitrogen and oxygen atoms in total. The molecule has 0 unspecified atom stereocenters. The monoisotopic (exact) mass is 269 g/mol. The second-order valence-corrected chi connectivity index (χ2v) is 5.08. The quantitative estimate of drug-likeness (QED) is 0.847. The van der Waals surface area contributed by atoms with Crippen LogP contribution in [0.15, 0.2) is 54.6 Å². The Balaban J connectivity index is 1.77. The molecular weight excluding hydrogens is 250 g/mol. The Bertz CT molecular complexity index is 553. The molecule has 20 heavy (non-hydrogen) atoms. The Labute approximate surface area is 119 Å².